The predicted octanol–water partition coefficient (Wildman–Crippen LogP) is 3.35. The minimum absolute atomic E-state index is 0.0597. The number of pyridine rings is 1. The molecule has 0 amide bonds. The van der Waals surface area contributed by atoms with Crippen LogP contribution < -0.4 is 10.1 Å². The van der Waals surface area contributed by atoms with E-state index in [4.69, 9.17) is 11.6 Å². The Kier molecular flexibility index (Phi) is 6.30. The van der Waals surface area contributed by atoms with Gasteiger partial charge in [-0.05, 0) is 19.2 Å². The van der Waals surface area contributed by atoms with Gasteiger partial charge in [0.25, 0.3) is 0 Å². The van der Waals surface area contributed by atoms with Gasteiger partial charge in [0.15, 0.2) is 0 Å². The summed E-state index contributed by atoms with van der Waals surface area (Å²) in [6, 6.07) is 3.43. The second kappa shape index (κ2) is 8.56. The van der Waals surface area contributed by atoms with Crippen LogP contribution in [0.4, 0.5) is 24.5 Å². The van der Waals surface area contributed by atoms with Crippen molar-refractivity contribution in [2.45, 2.75) is 6.36 Å². The number of piperazine rings is 1. The summed E-state index contributed by atoms with van der Waals surface area (Å²) in [5.41, 5.74) is -0.232. The van der Waals surface area contributed by atoms with Crippen LogP contribution in [0.3, 0.4) is 0 Å². The second-order valence-electron chi connectivity index (χ2n) is 6.68. The first kappa shape index (κ1) is 21.3. The fraction of sp³-hybridized carbons (Fsp3) is 0.471. The average Bonchev–Trinajstić information content (AvgIpc) is 2.61. The molecule has 0 unspecified atom stereocenters. The summed E-state index contributed by atoms with van der Waals surface area (Å²) in [5, 5.41) is 14.4. The molecule has 29 heavy (non-hydrogen) atoms. The molecule has 1 fully saturated rings. The van der Waals surface area contributed by atoms with Gasteiger partial charge in [-0.2, -0.15) is 0 Å². The van der Waals surface area contributed by atoms with E-state index < -0.39 is 27.9 Å². The molecule has 1 N–H and O–H groups in total. The zero-order valence-electron chi connectivity index (χ0n) is 15.5. The molecule has 1 aromatic heterocycles. The molecule has 3 rings (SSSR count). The van der Waals surface area contributed by atoms with Crippen LogP contribution >= 0.6 is 11.6 Å². The lowest BCUT2D eigenvalue weighted by molar-refractivity contribution is -0.384. The quantitative estimate of drug-likeness (QED) is 0.425. The number of ether oxygens (including phenoxy) is 1. The van der Waals surface area contributed by atoms with Gasteiger partial charge in [-0.1, -0.05) is 11.6 Å². The topological polar surface area (TPSA) is 83.8 Å². The highest BCUT2D eigenvalue weighted by molar-refractivity contribution is 6.33. The van der Waals surface area contributed by atoms with E-state index in [9.17, 15) is 23.3 Å². The van der Waals surface area contributed by atoms with Crippen molar-refractivity contribution in [1.29, 1.82) is 0 Å². The molecule has 8 nitrogen and oxygen atoms in total. The van der Waals surface area contributed by atoms with Gasteiger partial charge in [-0.3, -0.25) is 15.0 Å². The first-order chi connectivity index (χ1) is 13.6. The number of likely N-dealkylation sites (N-methyl/N-ethyl adjacent to an activating group) is 1. The number of rotatable bonds is 6. The Labute approximate surface area is 169 Å². The summed E-state index contributed by atoms with van der Waals surface area (Å²) in [4.78, 5) is 19.1. The van der Waals surface area contributed by atoms with E-state index >= 15 is 0 Å². The molecule has 0 radical (unpaired) electrons. The summed E-state index contributed by atoms with van der Waals surface area (Å²) in [5.74, 6) is -0.481. The zero-order chi connectivity index (χ0) is 21.2. The summed E-state index contributed by atoms with van der Waals surface area (Å²) >= 11 is 5.96. The third-order valence-electron chi connectivity index (χ3n) is 4.63. The van der Waals surface area contributed by atoms with Crippen molar-refractivity contribution >= 4 is 33.9 Å². The second-order valence-corrected chi connectivity index (χ2v) is 7.04. The van der Waals surface area contributed by atoms with Gasteiger partial charge in [-0.25, -0.2) is 4.98 Å². The smallest absolute Gasteiger partial charge is 0.406 e. The van der Waals surface area contributed by atoms with Crippen molar-refractivity contribution in [2.24, 2.45) is 0 Å². The first-order valence-electron chi connectivity index (χ1n) is 8.82. The molecule has 158 valence electrons. The Morgan fingerprint density at radius 2 is 2.00 bits per heavy atom. The van der Waals surface area contributed by atoms with Crippen LogP contribution in [0, 0.1) is 10.1 Å². The number of nitro groups is 1. The minimum atomic E-state index is -4.86. The van der Waals surface area contributed by atoms with Crippen molar-refractivity contribution in [1.82, 2.24) is 14.8 Å². The van der Waals surface area contributed by atoms with Crippen molar-refractivity contribution < 1.29 is 22.8 Å². The van der Waals surface area contributed by atoms with Crippen LogP contribution in [0.15, 0.2) is 18.2 Å². The van der Waals surface area contributed by atoms with Crippen molar-refractivity contribution in [3.63, 3.8) is 0 Å². The number of anilines is 1. The molecule has 2 aromatic rings. The van der Waals surface area contributed by atoms with E-state index in [2.05, 4.69) is 24.8 Å². The highest BCUT2D eigenvalue weighted by Crippen LogP contribution is 2.39. The highest BCUT2D eigenvalue weighted by Gasteiger charge is 2.31. The van der Waals surface area contributed by atoms with Gasteiger partial charge in [0.2, 0.25) is 5.15 Å². The molecular weight excluding hydrogens is 415 g/mol. The number of alkyl halides is 3. The van der Waals surface area contributed by atoms with E-state index in [1.807, 2.05) is 7.05 Å². The predicted molar refractivity (Wildman–Crippen MR) is 103 cm³/mol. The molecule has 0 saturated carbocycles. The maximum atomic E-state index is 12.5. The third-order valence-corrected chi connectivity index (χ3v) is 4.89. The molecule has 12 heteroatoms. The highest BCUT2D eigenvalue weighted by atomic mass is 35.5. The van der Waals surface area contributed by atoms with Crippen LogP contribution in [0.5, 0.6) is 5.75 Å². The van der Waals surface area contributed by atoms with Crippen molar-refractivity contribution in [3.05, 3.63) is 33.5 Å². The Balaban J connectivity index is 1.86. The van der Waals surface area contributed by atoms with E-state index in [-0.39, 0.29) is 16.6 Å². The SMILES string of the molecule is CN1CCN(CCNc2c([N+](=O)[O-])c(Cl)nc3cc(OC(F)(F)F)ccc23)CC1. The molecule has 1 aliphatic rings. The van der Waals surface area contributed by atoms with Crippen LogP contribution in [-0.4, -0.2) is 72.4 Å². The van der Waals surface area contributed by atoms with E-state index in [0.29, 0.717) is 13.1 Å². The van der Waals surface area contributed by atoms with Crippen LogP contribution in [0.1, 0.15) is 0 Å². The standard InChI is InChI=1S/C17H19ClF3N5O3/c1-24-6-8-25(9-7-24)5-4-22-14-12-3-2-11(29-17(19,20)21)10-13(12)23-16(18)15(14)26(27)28/h2-3,10H,4-9H2,1H3,(H,22,23). The Hall–Kier alpha value is -2.37. The van der Waals surface area contributed by atoms with Gasteiger partial charge in [0.05, 0.1) is 10.4 Å². The zero-order valence-corrected chi connectivity index (χ0v) is 16.3. The Bertz CT molecular complexity index is 904. The number of halogens is 4. The van der Waals surface area contributed by atoms with Gasteiger partial charge in [-0.15, -0.1) is 13.2 Å². The number of benzene rings is 1. The number of fused-ring (bicyclic) bond motifs is 1. The lowest BCUT2D eigenvalue weighted by Gasteiger charge is -2.32. The minimum Gasteiger partial charge on any atom is -0.406 e. The fourth-order valence-corrected chi connectivity index (χ4v) is 3.41. The van der Waals surface area contributed by atoms with Crippen LogP contribution in [0.2, 0.25) is 5.15 Å². The van der Waals surface area contributed by atoms with E-state index in [0.717, 1.165) is 38.3 Å². The number of hydrogen-bond acceptors (Lipinski definition) is 7. The number of nitrogens with zero attached hydrogens (tertiary/aromatic N) is 4. The molecular formula is C17H19ClF3N5O3. The molecule has 1 aliphatic heterocycles. The fourth-order valence-electron chi connectivity index (χ4n) is 3.16. The molecule has 1 aromatic carbocycles. The molecule has 0 spiro atoms. The molecule has 1 saturated heterocycles. The lowest BCUT2D eigenvalue weighted by Crippen LogP contribution is -2.45. The largest absolute Gasteiger partial charge is 0.573 e. The van der Waals surface area contributed by atoms with Gasteiger partial charge in [0, 0.05) is 50.7 Å². The monoisotopic (exact) mass is 433 g/mol. The summed E-state index contributed by atoms with van der Waals surface area (Å²) < 4.78 is 41.3. The molecule has 2 heterocycles. The van der Waals surface area contributed by atoms with E-state index in [1.54, 1.807) is 0 Å². The van der Waals surface area contributed by atoms with Gasteiger partial charge < -0.3 is 15.0 Å². The van der Waals surface area contributed by atoms with Gasteiger partial charge in [0.1, 0.15) is 11.4 Å². The van der Waals surface area contributed by atoms with Crippen molar-refractivity contribution in [2.75, 3.05) is 51.6 Å². The van der Waals surface area contributed by atoms with Crippen molar-refractivity contribution in [3.8, 4) is 5.75 Å². The first-order valence-corrected chi connectivity index (χ1v) is 9.20. The Morgan fingerprint density at radius 3 is 2.62 bits per heavy atom. The number of aromatic nitrogens is 1. The number of hydrogen-bond donors (Lipinski definition) is 1. The Morgan fingerprint density at radius 1 is 1.31 bits per heavy atom. The molecule has 0 atom stereocenters. The average molecular weight is 434 g/mol. The maximum absolute atomic E-state index is 12.5. The maximum Gasteiger partial charge on any atom is 0.573 e. The summed E-state index contributed by atoms with van der Waals surface area (Å²) in [6.45, 7) is 4.70. The summed E-state index contributed by atoms with van der Waals surface area (Å²) in [7, 11) is 2.04. The number of nitrogens with one attached hydrogen (secondary N) is 1. The molecule has 0 aliphatic carbocycles. The third kappa shape index (κ3) is 5.37. The van der Waals surface area contributed by atoms with Crippen LogP contribution in [0.25, 0.3) is 10.9 Å². The van der Waals surface area contributed by atoms with Gasteiger partial charge >= 0.3 is 12.0 Å². The van der Waals surface area contributed by atoms with E-state index in [1.165, 1.54) is 6.07 Å². The van der Waals surface area contributed by atoms with Crippen LogP contribution in [-0.2, 0) is 0 Å². The summed E-state index contributed by atoms with van der Waals surface area (Å²) in [6.07, 6.45) is -4.86. The normalized spacial score (nSPS) is 16.2. The lowest BCUT2D eigenvalue weighted by atomic mass is 10.1. The molecule has 0 bridgehead atoms.